The zero-order valence-electron chi connectivity index (χ0n) is 16.6. The molecule has 0 aliphatic heterocycles. The van der Waals surface area contributed by atoms with Gasteiger partial charge in [0.1, 0.15) is 16.4 Å². The van der Waals surface area contributed by atoms with Crippen LogP contribution < -0.4 is 4.18 Å². The number of Topliss-reactive ketones (excluding diaryl/α,β-unsaturated/α-hetero) is 1. The van der Waals surface area contributed by atoms with Crippen LogP contribution in [0, 0.1) is 17.3 Å². The molecule has 2 fully saturated rings. The first-order valence-electron chi connectivity index (χ1n) is 10.5. The Hall–Kier alpha value is -2.14. The van der Waals surface area contributed by atoms with Crippen LogP contribution in [0.25, 0.3) is 0 Å². The Kier molecular flexibility index (Phi) is 4.35. The van der Waals surface area contributed by atoms with Crippen LogP contribution in [0.4, 0.5) is 0 Å². The van der Waals surface area contributed by atoms with E-state index in [-0.39, 0.29) is 10.3 Å². The average Bonchev–Trinajstić information content (AvgIpc) is 3.03. The normalized spacial score (nSPS) is 30.9. The van der Waals surface area contributed by atoms with E-state index in [4.69, 9.17) is 4.18 Å². The number of ketones is 1. The van der Waals surface area contributed by atoms with Gasteiger partial charge in [-0.05, 0) is 85.3 Å². The molecule has 5 heteroatoms. The zero-order valence-corrected chi connectivity index (χ0v) is 17.5. The molecule has 0 spiro atoms. The predicted molar refractivity (Wildman–Crippen MR) is 110 cm³/mol. The molecule has 5 rings (SSSR count). The van der Waals surface area contributed by atoms with E-state index in [0.29, 0.717) is 29.3 Å². The highest BCUT2D eigenvalue weighted by atomic mass is 32.2. The highest BCUT2D eigenvalue weighted by Crippen LogP contribution is 2.59. The molecule has 0 N–H and O–H groups in total. The van der Waals surface area contributed by atoms with Crippen molar-refractivity contribution in [3.05, 3.63) is 59.7 Å². The van der Waals surface area contributed by atoms with E-state index >= 15 is 0 Å². The summed E-state index contributed by atoms with van der Waals surface area (Å²) in [6, 6.07) is 14.0. The molecule has 2 saturated carbocycles. The van der Waals surface area contributed by atoms with Crippen LogP contribution >= 0.6 is 0 Å². The lowest BCUT2D eigenvalue weighted by molar-refractivity contribution is -0.129. The molecule has 152 valence electrons. The zero-order chi connectivity index (χ0) is 20.2. The molecular weight excluding hydrogens is 384 g/mol. The number of aryl methyl sites for hydroxylation is 1. The fraction of sp³-hybridized carbons (Fsp3) is 0.458. The predicted octanol–water partition coefficient (Wildman–Crippen LogP) is 4.88. The Morgan fingerprint density at radius 3 is 2.59 bits per heavy atom. The molecule has 4 atom stereocenters. The fourth-order valence-corrected chi connectivity index (χ4v) is 7.09. The molecule has 2 aromatic carbocycles. The van der Waals surface area contributed by atoms with Crippen LogP contribution in [-0.4, -0.2) is 14.2 Å². The van der Waals surface area contributed by atoms with E-state index in [0.717, 1.165) is 38.5 Å². The third-order valence-corrected chi connectivity index (χ3v) is 8.91. The first kappa shape index (κ1) is 18.9. The first-order chi connectivity index (χ1) is 13.9. The number of hydrogen-bond acceptors (Lipinski definition) is 4. The standard InChI is InChI=1S/C24H26O4S/c1-24-14-13-20-19-10-8-17(28-29(26,27)18-5-3-2-4-6-18)15-16(19)7-9-21(20)22(24)11-12-23(24)25/h2-6,8,10,15,20-22H,7,9,11-14H2,1H3/t20-,21-,22+,24+/m1/s1. The smallest absolute Gasteiger partial charge is 0.339 e. The van der Waals surface area contributed by atoms with Crippen LogP contribution in [0.3, 0.4) is 0 Å². The van der Waals surface area contributed by atoms with Crippen molar-refractivity contribution in [3.8, 4) is 5.75 Å². The number of carbonyl (C=O) groups excluding carboxylic acids is 1. The molecule has 0 heterocycles. The van der Waals surface area contributed by atoms with Gasteiger partial charge in [-0.15, -0.1) is 0 Å². The maximum atomic E-state index is 12.5. The molecule has 29 heavy (non-hydrogen) atoms. The highest BCUT2D eigenvalue weighted by molar-refractivity contribution is 7.87. The fourth-order valence-electron chi connectivity index (χ4n) is 6.14. The van der Waals surface area contributed by atoms with E-state index < -0.39 is 10.1 Å². The van der Waals surface area contributed by atoms with Gasteiger partial charge in [0.15, 0.2) is 0 Å². The minimum atomic E-state index is -3.83. The second-order valence-corrected chi connectivity index (χ2v) is 10.6. The molecular formula is C24H26O4S. The summed E-state index contributed by atoms with van der Waals surface area (Å²) in [7, 11) is -3.83. The quantitative estimate of drug-likeness (QED) is 0.677. The minimum absolute atomic E-state index is 0.120. The van der Waals surface area contributed by atoms with E-state index in [9.17, 15) is 13.2 Å². The van der Waals surface area contributed by atoms with E-state index in [1.165, 1.54) is 11.1 Å². The number of carbonyl (C=O) groups is 1. The summed E-state index contributed by atoms with van der Waals surface area (Å²) in [5.41, 5.74) is 2.40. The van der Waals surface area contributed by atoms with Crippen molar-refractivity contribution in [1.82, 2.24) is 0 Å². The monoisotopic (exact) mass is 410 g/mol. The molecule has 0 saturated heterocycles. The minimum Gasteiger partial charge on any atom is -0.379 e. The number of fused-ring (bicyclic) bond motifs is 5. The van der Waals surface area contributed by atoms with Gasteiger partial charge in [0.25, 0.3) is 0 Å². The third-order valence-electron chi connectivity index (χ3n) is 7.64. The SMILES string of the molecule is C[C@]12CC[C@@H]3c4ccc(OS(=O)(=O)c5ccccc5)cc4CC[C@H]3[C@@H]1CCC2=O. The first-order valence-corrected chi connectivity index (χ1v) is 11.9. The Bertz CT molecular complexity index is 1060. The van der Waals surface area contributed by atoms with Crippen LogP contribution in [0.15, 0.2) is 53.4 Å². The maximum absolute atomic E-state index is 12.5. The summed E-state index contributed by atoms with van der Waals surface area (Å²) in [4.78, 5) is 12.6. The van der Waals surface area contributed by atoms with Gasteiger partial charge in [0, 0.05) is 11.8 Å². The van der Waals surface area contributed by atoms with Crippen LogP contribution in [0.1, 0.15) is 56.1 Å². The van der Waals surface area contributed by atoms with Gasteiger partial charge >= 0.3 is 10.1 Å². The summed E-state index contributed by atoms with van der Waals surface area (Å²) >= 11 is 0. The maximum Gasteiger partial charge on any atom is 0.339 e. The molecule has 0 amide bonds. The van der Waals surface area contributed by atoms with E-state index in [1.807, 2.05) is 6.07 Å². The van der Waals surface area contributed by atoms with Gasteiger partial charge < -0.3 is 4.18 Å². The van der Waals surface area contributed by atoms with Crippen molar-refractivity contribution < 1.29 is 17.4 Å². The Morgan fingerprint density at radius 1 is 1.00 bits per heavy atom. The van der Waals surface area contributed by atoms with Crippen molar-refractivity contribution in [2.24, 2.45) is 17.3 Å². The van der Waals surface area contributed by atoms with Gasteiger partial charge in [-0.1, -0.05) is 31.2 Å². The molecule has 3 aliphatic rings. The largest absolute Gasteiger partial charge is 0.379 e. The van der Waals surface area contributed by atoms with Crippen molar-refractivity contribution in [3.63, 3.8) is 0 Å². The molecule has 0 bridgehead atoms. The Balaban J connectivity index is 1.41. The summed E-state index contributed by atoms with van der Waals surface area (Å²) in [5, 5.41) is 0. The summed E-state index contributed by atoms with van der Waals surface area (Å²) in [5.74, 6) is 2.37. The van der Waals surface area contributed by atoms with Gasteiger partial charge in [0.2, 0.25) is 0 Å². The van der Waals surface area contributed by atoms with Gasteiger partial charge in [0.05, 0.1) is 0 Å². The lowest BCUT2D eigenvalue weighted by atomic mass is 9.55. The van der Waals surface area contributed by atoms with Crippen molar-refractivity contribution in [1.29, 1.82) is 0 Å². The third kappa shape index (κ3) is 3.02. The van der Waals surface area contributed by atoms with Crippen molar-refractivity contribution in [2.45, 2.75) is 56.3 Å². The van der Waals surface area contributed by atoms with Crippen LogP contribution in [-0.2, 0) is 21.3 Å². The van der Waals surface area contributed by atoms with Crippen molar-refractivity contribution >= 4 is 15.9 Å². The molecule has 0 radical (unpaired) electrons. The summed E-state index contributed by atoms with van der Waals surface area (Å²) < 4.78 is 30.5. The molecule has 0 unspecified atom stereocenters. The summed E-state index contributed by atoms with van der Waals surface area (Å²) in [6.45, 7) is 2.18. The van der Waals surface area contributed by atoms with E-state index in [2.05, 4.69) is 13.0 Å². The molecule has 0 aromatic heterocycles. The topological polar surface area (TPSA) is 60.4 Å². The van der Waals surface area contributed by atoms with Crippen molar-refractivity contribution in [2.75, 3.05) is 0 Å². The Labute approximate surface area is 172 Å². The van der Waals surface area contributed by atoms with Gasteiger partial charge in [-0.25, -0.2) is 0 Å². The molecule has 4 nitrogen and oxygen atoms in total. The number of rotatable bonds is 3. The lowest BCUT2D eigenvalue weighted by Crippen LogP contribution is -2.42. The highest BCUT2D eigenvalue weighted by Gasteiger charge is 2.54. The number of hydrogen-bond donors (Lipinski definition) is 0. The van der Waals surface area contributed by atoms with E-state index in [1.54, 1.807) is 36.4 Å². The summed E-state index contributed by atoms with van der Waals surface area (Å²) in [6.07, 6.45) is 5.76. The Morgan fingerprint density at radius 2 is 1.79 bits per heavy atom. The second-order valence-electron chi connectivity index (χ2n) is 9.04. The second kappa shape index (κ2) is 6.69. The molecule has 3 aliphatic carbocycles. The van der Waals surface area contributed by atoms with Gasteiger partial charge in [-0.3, -0.25) is 4.79 Å². The number of benzene rings is 2. The lowest BCUT2D eigenvalue weighted by Gasteiger charge is -2.48. The average molecular weight is 411 g/mol. The van der Waals surface area contributed by atoms with Crippen LogP contribution in [0.5, 0.6) is 5.75 Å². The van der Waals surface area contributed by atoms with Gasteiger partial charge in [-0.2, -0.15) is 8.42 Å². The molecule has 2 aromatic rings. The van der Waals surface area contributed by atoms with Crippen LogP contribution in [0.2, 0.25) is 0 Å².